The zero-order valence-electron chi connectivity index (χ0n) is 8.29. The van der Waals surface area contributed by atoms with Gasteiger partial charge in [-0.3, -0.25) is 4.79 Å². The summed E-state index contributed by atoms with van der Waals surface area (Å²) < 4.78 is 0.777. The smallest absolute Gasteiger partial charge is 0.305 e. The number of quaternary nitrogens is 1. The van der Waals surface area contributed by atoms with Gasteiger partial charge in [0.1, 0.15) is 0 Å². The number of hydrogen-bond acceptors (Lipinski definition) is 2. The Kier molecular flexibility index (Phi) is 4.20. The first-order chi connectivity index (χ1) is 5.35. The van der Waals surface area contributed by atoms with Crippen LogP contribution in [-0.4, -0.2) is 56.3 Å². The minimum absolute atomic E-state index is 0.0579. The lowest BCUT2D eigenvalue weighted by Crippen LogP contribution is -2.46. The van der Waals surface area contributed by atoms with Crippen molar-refractivity contribution in [2.45, 2.75) is 12.5 Å². The molecule has 0 aromatic heterocycles. The number of nitrogens with one attached hydrogen (secondary N) is 1. The Bertz CT molecular complexity index is 152. The highest BCUT2D eigenvalue weighted by Crippen LogP contribution is 1.98. The van der Waals surface area contributed by atoms with Gasteiger partial charge in [0.25, 0.3) is 0 Å². The standard InChI is InChI=1S/C8H18N2O2/c1-9-7(5-8(11)12)6-10(2,3)4/h7,9H,5-6H2,1-4H3/p+1/t7-/m1/s1. The number of nitrogens with zero attached hydrogens (tertiary/aromatic N) is 1. The first-order valence-electron chi connectivity index (χ1n) is 4.04. The maximum Gasteiger partial charge on any atom is 0.305 e. The number of carbonyl (C=O) groups is 1. The number of aliphatic carboxylic acids is 1. The predicted octanol–water partition coefficient (Wildman–Crippen LogP) is -0.245. The minimum atomic E-state index is -0.747. The zero-order chi connectivity index (χ0) is 9.78. The summed E-state index contributed by atoms with van der Waals surface area (Å²) in [4.78, 5) is 10.4. The molecule has 4 nitrogen and oxygen atoms in total. The lowest BCUT2D eigenvalue weighted by atomic mass is 10.2. The quantitative estimate of drug-likeness (QED) is 0.567. The van der Waals surface area contributed by atoms with E-state index in [1.165, 1.54) is 0 Å². The third kappa shape index (κ3) is 6.12. The Morgan fingerprint density at radius 2 is 2.00 bits per heavy atom. The van der Waals surface area contributed by atoms with Crippen molar-refractivity contribution in [3.8, 4) is 0 Å². The van der Waals surface area contributed by atoms with Crippen LogP contribution >= 0.6 is 0 Å². The van der Waals surface area contributed by atoms with Gasteiger partial charge in [0.15, 0.2) is 0 Å². The molecule has 0 bridgehead atoms. The molecule has 0 aliphatic carbocycles. The Balaban J connectivity index is 3.92. The van der Waals surface area contributed by atoms with Crippen molar-refractivity contribution in [2.24, 2.45) is 0 Å². The molecule has 0 aliphatic rings. The van der Waals surface area contributed by atoms with Gasteiger partial charge in [0.05, 0.1) is 40.2 Å². The van der Waals surface area contributed by atoms with Crippen LogP contribution in [0, 0.1) is 0 Å². The van der Waals surface area contributed by atoms with E-state index >= 15 is 0 Å². The van der Waals surface area contributed by atoms with Crippen LogP contribution in [0.2, 0.25) is 0 Å². The summed E-state index contributed by atoms with van der Waals surface area (Å²) in [6.45, 7) is 0.822. The molecule has 0 amide bonds. The van der Waals surface area contributed by atoms with Crippen LogP contribution in [0.1, 0.15) is 6.42 Å². The van der Waals surface area contributed by atoms with E-state index in [2.05, 4.69) is 5.32 Å². The summed E-state index contributed by atoms with van der Waals surface area (Å²) in [5.74, 6) is -0.747. The topological polar surface area (TPSA) is 49.3 Å². The summed E-state index contributed by atoms with van der Waals surface area (Å²) >= 11 is 0. The van der Waals surface area contributed by atoms with Crippen LogP contribution in [0.15, 0.2) is 0 Å². The largest absolute Gasteiger partial charge is 0.481 e. The monoisotopic (exact) mass is 175 g/mol. The van der Waals surface area contributed by atoms with Gasteiger partial charge in [-0.25, -0.2) is 0 Å². The van der Waals surface area contributed by atoms with E-state index in [1.807, 2.05) is 21.1 Å². The Hall–Kier alpha value is -0.610. The van der Waals surface area contributed by atoms with Crippen molar-refractivity contribution >= 4 is 5.97 Å². The molecule has 0 aromatic carbocycles. The van der Waals surface area contributed by atoms with Gasteiger partial charge < -0.3 is 14.9 Å². The van der Waals surface area contributed by atoms with Crippen LogP contribution in [0.4, 0.5) is 0 Å². The Morgan fingerprint density at radius 3 is 2.25 bits per heavy atom. The van der Waals surface area contributed by atoms with Crippen molar-refractivity contribution in [1.82, 2.24) is 5.32 Å². The van der Waals surface area contributed by atoms with E-state index in [1.54, 1.807) is 7.05 Å². The van der Waals surface area contributed by atoms with E-state index in [4.69, 9.17) is 5.11 Å². The van der Waals surface area contributed by atoms with Gasteiger partial charge in [-0.1, -0.05) is 0 Å². The number of carboxylic acids is 1. The van der Waals surface area contributed by atoms with Crippen LogP contribution in [0.5, 0.6) is 0 Å². The molecule has 2 N–H and O–H groups in total. The maximum atomic E-state index is 10.4. The SMILES string of the molecule is CN[C@H](CC(=O)O)C[N+](C)(C)C. The van der Waals surface area contributed by atoms with Crippen molar-refractivity contribution in [3.63, 3.8) is 0 Å². The zero-order valence-corrected chi connectivity index (χ0v) is 8.29. The molecule has 0 aromatic rings. The van der Waals surface area contributed by atoms with Gasteiger partial charge >= 0.3 is 5.97 Å². The van der Waals surface area contributed by atoms with Gasteiger partial charge in [0, 0.05) is 0 Å². The molecule has 0 saturated carbocycles. The van der Waals surface area contributed by atoms with E-state index < -0.39 is 5.97 Å². The van der Waals surface area contributed by atoms with Gasteiger partial charge in [0.2, 0.25) is 0 Å². The Morgan fingerprint density at radius 1 is 1.50 bits per heavy atom. The number of likely N-dealkylation sites (N-methyl/N-ethyl adjacent to an activating group) is 2. The third-order valence-electron chi connectivity index (χ3n) is 1.60. The van der Waals surface area contributed by atoms with Gasteiger partial charge in [-0.05, 0) is 7.05 Å². The number of rotatable bonds is 5. The molecule has 0 saturated heterocycles. The summed E-state index contributed by atoms with van der Waals surface area (Å²) in [7, 11) is 7.94. The lowest BCUT2D eigenvalue weighted by molar-refractivity contribution is -0.871. The van der Waals surface area contributed by atoms with Crippen LogP contribution in [-0.2, 0) is 4.79 Å². The van der Waals surface area contributed by atoms with Crippen molar-refractivity contribution in [3.05, 3.63) is 0 Å². The molecule has 72 valence electrons. The summed E-state index contributed by atoms with van der Waals surface area (Å²) in [6, 6.07) is 0.0579. The molecule has 0 rings (SSSR count). The molecule has 0 spiro atoms. The maximum absolute atomic E-state index is 10.4. The molecule has 0 heterocycles. The van der Waals surface area contributed by atoms with Gasteiger partial charge in [-0.15, -0.1) is 0 Å². The van der Waals surface area contributed by atoms with Crippen LogP contribution < -0.4 is 5.32 Å². The Labute approximate surface area is 73.8 Å². The third-order valence-corrected chi connectivity index (χ3v) is 1.60. The average Bonchev–Trinajstić information content (AvgIpc) is 1.82. The second-order valence-corrected chi connectivity index (χ2v) is 4.06. The number of hydrogen-bond donors (Lipinski definition) is 2. The molecule has 1 atom stereocenters. The summed E-state index contributed by atoms with van der Waals surface area (Å²) in [6.07, 6.45) is 0.187. The minimum Gasteiger partial charge on any atom is -0.481 e. The van der Waals surface area contributed by atoms with Crippen molar-refractivity contribution in [2.75, 3.05) is 34.7 Å². The normalized spacial score (nSPS) is 14.3. The predicted molar refractivity (Wildman–Crippen MR) is 48.0 cm³/mol. The second kappa shape index (κ2) is 4.42. The highest BCUT2D eigenvalue weighted by molar-refractivity contribution is 5.67. The molecule has 0 fully saturated rings. The molecule has 4 heteroatoms. The lowest BCUT2D eigenvalue weighted by Gasteiger charge is -2.28. The summed E-state index contributed by atoms with van der Waals surface area (Å²) in [5.41, 5.74) is 0. The van der Waals surface area contributed by atoms with E-state index in [0.717, 1.165) is 11.0 Å². The van der Waals surface area contributed by atoms with Crippen molar-refractivity contribution < 1.29 is 14.4 Å². The molecular formula is C8H19N2O2+. The van der Waals surface area contributed by atoms with E-state index in [-0.39, 0.29) is 12.5 Å². The fourth-order valence-electron chi connectivity index (χ4n) is 1.13. The molecule has 0 aliphatic heterocycles. The molecule has 0 radical (unpaired) electrons. The number of carboxylic acid groups (broad SMARTS) is 1. The van der Waals surface area contributed by atoms with Crippen molar-refractivity contribution in [1.29, 1.82) is 0 Å². The highest BCUT2D eigenvalue weighted by atomic mass is 16.4. The fourth-order valence-corrected chi connectivity index (χ4v) is 1.13. The second-order valence-electron chi connectivity index (χ2n) is 4.06. The van der Waals surface area contributed by atoms with Crippen LogP contribution in [0.3, 0.4) is 0 Å². The van der Waals surface area contributed by atoms with Gasteiger partial charge in [-0.2, -0.15) is 0 Å². The highest BCUT2D eigenvalue weighted by Gasteiger charge is 2.18. The van der Waals surface area contributed by atoms with Crippen LogP contribution in [0.25, 0.3) is 0 Å². The molecule has 12 heavy (non-hydrogen) atoms. The fraction of sp³-hybridized carbons (Fsp3) is 0.875. The first-order valence-corrected chi connectivity index (χ1v) is 4.04. The first kappa shape index (κ1) is 11.4. The molecular weight excluding hydrogens is 156 g/mol. The average molecular weight is 175 g/mol. The summed E-state index contributed by atoms with van der Waals surface area (Å²) in [5, 5.41) is 11.6. The van der Waals surface area contributed by atoms with E-state index in [0.29, 0.717) is 0 Å². The molecule has 0 unspecified atom stereocenters. The van der Waals surface area contributed by atoms with E-state index in [9.17, 15) is 4.79 Å².